The first-order valence-electron chi connectivity index (χ1n) is 17.2. The van der Waals surface area contributed by atoms with E-state index in [0.29, 0.717) is 17.9 Å². The number of aryl methyl sites for hydroxylation is 1. The number of urea groups is 1. The summed E-state index contributed by atoms with van der Waals surface area (Å²) in [6, 6.07) is 21.1. The highest BCUT2D eigenvalue weighted by Crippen LogP contribution is 2.32. The smallest absolute Gasteiger partial charge is 0.334 e. The first-order chi connectivity index (χ1) is 24.7. The molecule has 1 aromatic heterocycles. The van der Waals surface area contributed by atoms with Crippen LogP contribution in [0.5, 0.6) is 5.75 Å². The lowest BCUT2D eigenvalue weighted by Crippen LogP contribution is -2.76. The van der Waals surface area contributed by atoms with Gasteiger partial charge in [0.05, 0.1) is 18.6 Å². The molecule has 2 atom stereocenters. The number of nitrogens with zero attached hydrogens (tertiary/aromatic N) is 5. The Morgan fingerprint density at radius 2 is 1.78 bits per heavy atom. The molecule has 12 heteroatoms. The number of benzene rings is 3. The summed E-state index contributed by atoms with van der Waals surface area (Å²) >= 11 is 0. The second-order valence-corrected chi connectivity index (χ2v) is 12.9. The summed E-state index contributed by atoms with van der Waals surface area (Å²) in [4.78, 5) is 58.7. The summed E-state index contributed by atoms with van der Waals surface area (Å²) in [7, 11) is 0. The number of aliphatic hydroxyl groups is 1. The highest BCUT2D eigenvalue weighted by Gasteiger charge is 2.51. The van der Waals surface area contributed by atoms with Gasteiger partial charge in [-0.1, -0.05) is 73.7 Å². The van der Waals surface area contributed by atoms with Gasteiger partial charge < -0.3 is 29.5 Å². The maximum absolute atomic E-state index is 14.6. The molecule has 2 unspecified atom stereocenters. The predicted octanol–water partition coefficient (Wildman–Crippen LogP) is 4.32. The Morgan fingerprint density at radius 3 is 2.47 bits per heavy atom. The van der Waals surface area contributed by atoms with Gasteiger partial charge in [0.15, 0.2) is 12.6 Å². The molecule has 0 saturated carbocycles. The largest absolute Gasteiger partial charge is 0.468 e. The number of piperazine rings is 1. The van der Waals surface area contributed by atoms with Gasteiger partial charge in [0.25, 0.3) is 0 Å². The monoisotopic (exact) mass is 692 g/mol. The van der Waals surface area contributed by atoms with Crippen molar-refractivity contribution >= 4 is 34.5 Å². The third kappa shape index (κ3) is 7.38. The first kappa shape index (κ1) is 35.4. The Bertz CT molecular complexity index is 1910. The minimum absolute atomic E-state index is 0.0349. The van der Waals surface area contributed by atoms with E-state index in [1.54, 1.807) is 57.1 Å². The zero-order chi connectivity index (χ0) is 36.1. The van der Waals surface area contributed by atoms with Crippen molar-refractivity contribution in [3.05, 3.63) is 114 Å². The number of hydrogen-bond donors (Lipinski definition) is 2. The number of Topliss-reactive ketones (excluding diaryl/α,β-unsaturated/α-hetero) is 1. The average Bonchev–Trinajstić information content (AvgIpc) is 3.50. The molecular formula is C39H44N6O6. The topological polar surface area (TPSA) is 128 Å². The van der Waals surface area contributed by atoms with Crippen molar-refractivity contribution in [2.24, 2.45) is 0 Å². The number of aromatic nitrogens is 1. The number of nitrogens with one attached hydrogen (secondary N) is 1. The van der Waals surface area contributed by atoms with Crippen LogP contribution >= 0.6 is 0 Å². The van der Waals surface area contributed by atoms with Crippen LogP contribution in [0.1, 0.15) is 47.3 Å². The standard InChI is InChI=1S/C39H44N6O6/c1-4-18-41-23-33(27(3)47)32-13-9-12-30(37(32)41)22-42-24-35-44(34(38(42)49)20-28-14-16-31(17-15-28)51-26-46)36(48)25-43(19-5-2)45(35)39(50)40-21-29-10-7-6-8-11-29/h5-17,23,34-35,46H,2,4,18-22,24-26H2,1,3H3,(H,40,50). The molecule has 6 rings (SSSR count). The number of fused-ring (bicyclic) bond motifs is 2. The van der Waals surface area contributed by atoms with E-state index in [1.165, 1.54) is 0 Å². The van der Waals surface area contributed by atoms with Gasteiger partial charge in [-0.25, -0.2) is 14.8 Å². The average molecular weight is 693 g/mol. The number of para-hydroxylation sites is 1. The summed E-state index contributed by atoms with van der Waals surface area (Å²) in [5.41, 5.74) is 4.09. The van der Waals surface area contributed by atoms with Gasteiger partial charge in [-0.3, -0.25) is 14.4 Å². The molecule has 2 saturated heterocycles. The molecular weight excluding hydrogens is 648 g/mol. The van der Waals surface area contributed by atoms with E-state index in [1.807, 2.05) is 54.7 Å². The van der Waals surface area contributed by atoms with Crippen LogP contribution in [0, 0.1) is 0 Å². The van der Waals surface area contributed by atoms with E-state index >= 15 is 0 Å². The van der Waals surface area contributed by atoms with Gasteiger partial charge in [-0.15, -0.1) is 6.58 Å². The van der Waals surface area contributed by atoms with Crippen molar-refractivity contribution < 1.29 is 29.0 Å². The zero-order valence-electron chi connectivity index (χ0n) is 29.0. The number of hydrazine groups is 1. The zero-order valence-corrected chi connectivity index (χ0v) is 29.0. The summed E-state index contributed by atoms with van der Waals surface area (Å²) < 4.78 is 7.27. The van der Waals surface area contributed by atoms with Crippen molar-refractivity contribution in [1.82, 2.24) is 29.7 Å². The minimum atomic E-state index is -0.912. The molecule has 2 aliphatic rings. The summed E-state index contributed by atoms with van der Waals surface area (Å²) in [5.74, 6) is -0.0710. The van der Waals surface area contributed by atoms with E-state index in [2.05, 4.69) is 23.4 Å². The summed E-state index contributed by atoms with van der Waals surface area (Å²) in [6.45, 7) is 8.43. The van der Waals surface area contributed by atoms with E-state index in [9.17, 15) is 24.3 Å². The third-order valence-corrected chi connectivity index (χ3v) is 9.44. The molecule has 4 amide bonds. The number of ether oxygens (including phenoxy) is 1. The molecule has 3 heterocycles. The molecule has 2 N–H and O–H groups in total. The second-order valence-electron chi connectivity index (χ2n) is 12.9. The number of aliphatic hydroxyl groups excluding tert-OH is 1. The first-order valence-corrected chi connectivity index (χ1v) is 17.2. The molecule has 0 aliphatic carbocycles. The Labute approximate surface area is 297 Å². The number of amides is 4. The van der Waals surface area contributed by atoms with E-state index in [-0.39, 0.29) is 56.7 Å². The molecule has 51 heavy (non-hydrogen) atoms. The second kappa shape index (κ2) is 15.6. The third-order valence-electron chi connectivity index (χ3n) is 9.44. The number of carbonyl (C=O) groups excluding carboxylic acids is 4. The maximum atomic E-state index is 14.6. The van der Waals surface area contributed by atoms with Crippen molar-refractivity contribution in [3.8, 4) is 5.75 Å². The van der Waals surface area contributed by atoms with Gasteiger partial charge in [0, 0.05) is 49.7 Å². The Morgan fingerprint density at radius 1 is 1.02 bits per heavy atom. The highest BCUT2D eigenvalue weighted by atomic mass is 16.6. The number of carbonyl (C=O) groups is 4. The van der Waals surface area contributed by atoms with Crippen molar-refractivity contribution in [2.75, 3.05) is 26.4 Å². The maximum Gasteiger partial charge on any atom is 0.334 e. The quantitative estimate of drug-likeness (QED) is 0.121. The molecule has 2 fully saturated rings. The van der Waals surface area contributed by atoms with Crippen LogP contribution in [0.4, 0.5) is 4.79 Å². The molecule has 12 nitrogen and oxygen atoms in total. The molecule has 2 aliphatic heterocycles. The lowest BCUT2D eigenvalue weighted by Gasteiger charge is -2.55. The molecule has 0 spiro atoms. The number of ketones is 1. The Kier molecular flexibility index (Phi) is 10.8. The van der Waals surface area contributed by atoms with Crippen LogP contribution in [0.3, 0.4) is 0 Å². The van der Waals surface area contributed by atoms with Crippen molar-refractivity contribution in [1.29, 1.82) is 0 Å². The van der Waals surface area contributed by atoms with Crippen LogP contribution in [-0.4, -0.2) is 91.8 Å². The number of rotatable bonds is 13. The fraction of sp³-hybridized carbons (Fsp3) is 0.333. The van der Waals surface area contributed by atoms with E-state index < -0.39 is 25.0 Å². The lowest BCUT2D eigenvalue weighted by atomic mass is 9.98. The van der Waals surface area contributed by atoms with E-state index in [0.717, 1.165) is 34.0 Å². The molecule has 266 valence electrons. The predicted molar refractivity (Wildman–Crippen MR) is 192 cm³/mol. The molecule has 0 radical (unpaired) electrons. The van der Waals surface area contributed by atoms with Crippen LogP contribution in [-0.2, 0) is 35.6 Å². The van der Waals surface area contributed by atoms with Crippen LogP contribution in [0.2, 0.25) is 0 Å². The molecule has 0 bridgehead atoms. The number of hydrogen-bond acceptors (Lipinski definition) is 7. The van der Waals surface area contributed by atoms with Crippen LogP contribution in [0.15, 0.2) is 91.6 Å². The van der Waals surface area contributed by atoms with Gasteiger partial charge in [0.2, 0.25) is 11.8 Å². The fourth-order valence-electron chi connectivity index (χ4n) is 7.19. The normalized spacial score (nSPS) is 17.8. The van der Waals surface area contributed by atoms with Gasteiger partial charge >= 0.3 is 6.03 Å². The highest BCUT2D eigenvalue weighted by molar-refractivity contribution is 6.07. The minimum Gasteiger partial charge on any atom is -0.468 e. The lowest BCUT2D eigenvalue weighted by molar-refractivity contribution is -0.189. The summed E-state index contributed by atoms with van der Waals surface area (Å²) in [5, 5.41) is 16.3. The van der Waals surface area contributed by atoms with Crippen LogP contribution < -0.4 is 10.1 Å². The van der Waals surface area contributed by atoms with Gasteiger partial charge in [-0.2, -0.15) is 0 Å². The van der Waals surface area contributed by atoms with Crippen molar-refractivity contribution in [2.45, 2.75) is 58.5 Å². The van der Waals surface area contributed by atoms with E-state index in [4.69, 9.17) is 4.74 Å². The van der Waals surface area contributed by atoms with Gasteiger partial charge in [0.1, 0.15) is 18.0 Å². The molecule has 4 aromatic rings. The van der Waals surface area contributed by atoms with Crippen LogP contribution in [0.25, 0.3) is 10.9 Å². The van der Waals surface area contributed by atoms with Gasteiger partial charge in [-0.05, 0) is 42.2 Å². The Hall–Kier alpha value is -5.46. The Balaban J connectivity index is 1.40. The molecule has 3 aromatic carbocycles. The van der Waals surface area contributed by atoms with Crippen molar-refractivity contribution in [3.63, 3.8) is 0 Å². The SMILES string of the molecule is C=CCN1CC(=O)N2C(Cc3ccc(OCO)cc3)C(=O)N(Cc3cccc4c(C(C)=O)cn(CCC)c34)CC2N1C(=O)NCc1ccccc1. The fourth-order valence-corrected chi connectivity index (χ4v) is 7.19. The summed E-state index contributed by atoms with van der Waals surface area (Å²) in [6.07, 6.45) is 3.78.